The van der Waals surface area contributed by atoms with Crippen LogP contribution < -0.4 is 4.74 Å². The molecule has 1 saturated carbocycles. The lowest BCUT2D eigenvalue weighted by molar-refractivity contribution is 0.0416. The molecule has 1 aromatic heterocycles. The van der Waals surface area contributed by atoms with Crippen molar-refractivity contribution in [3.8, 4) is 5.75 Å². The first-order valence-corrected chi connectivity index (χ1v) is 10.6. The molecule has 1 aliphatic carbocycles. The van der Waals surface area contributed by atoms with E-state index in [0.29, 0.717) is 18.2 Å². The molecule has 0 spiro atoms. The topological polar surface area (TPSA) is 58.6 Å². The van der Waals surface area contributed by atoms with Gasteiger partial charge in [0.05, 0.1) is 12.3 Å². The van der Waals surface area contributed by atoms with Crippen LogP contribution in [0.15, 0.2) is 36.8 Å². The highest BCUT2D eigenvalue weighted by Crippen LogP contribution is 2.33. The Morgan fingerprint density at radius 3 is 2.76 bits per heavy atom. The lowest BCUT2D eigenvalue weighted by Crippen LogP contribution is -2.42. The molecule has 2 aliphatic rings. The summed E-state index contributed by atoms with van der Waals surface area (Å²) < 4.78 is 6.09. The average Bonchev–Trinajstić information content (AvgIpc) is 3.21. The molecule has 7 heteroatoms. The van der Waals surface area contributed by atoms with Crippen LogP contribution in [0.5, 0.6) is 5.75 Å². The molecule has 6 nitrogen and oxygen atoms in total. The quantitative estimate of drug-likeness (QED) is 0.692. The van der Waals surface area contributed by atoms with Crippen LogP contribution in [0, 0.1) is 5.92 Å². The van der Waals surface area contributed by atoms with Crippen molar-refractivity contribution in [3.05, 3.63) is 53.1 Å². The molecule has 4 rings (SSSR count). The number of ether oxygens (including phenoxy) is 1. The fourth-order valence-corrected chi connectivity index (χ4v) is 4.33. The van der Waals surface area contributed by atoms with Crippen molar-refractivity contribution < 1.29 is 9.53 Å². The van der Waals surface area contributed by atoms with Crippen LogP contribution >= 0.6 is 11.6 Å². The van der Waals surface area contributed by atoms with E-state index in [1.54, 1.807) is 11.1 Å². The van der Waals surface area contributed by atoms with E-state index >= 15 is 0 Å². The van der Waals surface area contributed by atoms with Crippen molar-refractivity contribution in [1.29, 1.82) is 0 Å². The molecular formula is C22H27ClN4O2. The van der Waals surface area contributed by atoms with Crippen molar-refractivity contribution in [1.82, 2.24) is 19.8 Å². The third kappa shape index (κ3) is 5.06. The lowest BCUT2D eigenvalue weighted by Gasteiger charge is -2.37. The van der Waals surface area contributed by atoms with Gasteiger partial charge >= 0.3 is 0 Å². The standard InChI is InChI=1S/C22H27ClN4O2/c1-26(22(28)21-13-24-6-7-25-21)14-16-10-19(11-16)29-18-5-4-17(20(23)12-18)15-27-8-2-3-9-27/h4-7,12-13,16,19H,2-3,8-11,14-15H2,1H3. The second-order valence-corrected chi connectivity index (χ2v) is 8.50. The van der Waals surface area contributed by atoms with Gasteiger partial charge in [-0.05, 0) is 62.4 Å². The fourth-order valence-electron chi connectivity index (χ4n) is 4.10. The predicted molar refractivity (Wildman–Crippen MR) is 112 cm³/mol. The third-order valence-corrected chi connectivity index (χ3v) is 6.13. The molecule has 154 valence electrons. The van der Waals surface area contributed by atoms with Crippen LogP contribution in [0.3, 0.4) is 0 Å². The van der Waals surface area contributed by atoms with E-state index in [2.05, 4.69) is 20.9 Å². The summed E-state index contributed by atoms with van der Waals surface area (Å²) in [4.78, 5) is 24.6. The van der Waals surface area contributed by atoms with Crippen LogP contribution in [0.4, 0.5) is 0 Å². The van der Waals surface area contributed by atoms with Gasteiger partial charge in [-0.1, -0.05) is 17.7 Å². The van der Waals surface area contributed by atoms with Gasteiger partial charge in [-0.15, -0.1) is 0 Å². The average molecular weight is 415 g/mol. The highest BCUT2D eigenvalue weighted by atomic mass is 35.5. The Kier molecular flexibility index (Phi) is 6.31. The number of likely N-dealkylation sites (tertiary alicyclic amines) is 1. The fraction of sp³-hybridized carbons (Fsp3) is 0.500. The molecule has 0 N–H and O–H groups in total. The van der Waals surface area contributed by atoms with Gasteiger partial charge in [-0.2, -0.15) is 0 Å². The zero-order valence-electron chi connectivity index (χ0n) is 16.8. The Balaban J connectivity index is 1.23. The number of amides is 1. The Hall–Kier alpha value is -2.18. The number of hydrogen-bond donors (Lipinski definition) is 0. The van der Waals surface area contributed by atoms with E-state index in [1.165, 1.54) is 25.2 Å². The number of aromatic nitrogens is 2. The third-order valence-electron chi connectivity index (χ3n) is 5.77. The molecule has 0 unspecified atom stereocenters. The maximum absolute atomic E-state index is 12.4. The minimum absolute atomic E-state index is 0.0946. The molecule has 2 heterocycles. The lowest BCUT2D eigenvalue weighted by atomic mass is 9.82. The number of nitrogens with zero attached hydrogens (tertiary/aromatic N) is 4. The van der Waals surface area contributed by atoms with Gasteiger partial charge < -0.3 is 9.64 Å². The maximum Gasteiger partial charge on any atom is 0.273 e. The van der Waals surface area contributed by atoms with Crippen molar-refractivity contribution in [2.24, 2.45) is 5.92 Å². The zero-order valence-corrected chi connectivity index (χ0v) is 17.5. The first kappa shape index (κ1) is 20.1. The SMILES string of the molecule is CN(CC1CC(Oc2ccc(CN3CCCC3)c(Cl)c2)C1)C(=O)c1cnccn1. The molecule has 2 fully saturated rings. The summed E-state index contributed by atoms with van der Waals surface area (Å²) >= 11 is 6.48. The molecule has 1 amide bonds. The highest BCUT2D eigenvalue weighted by molar-refractivity contribution is 6.31. The molecule has 1 saturated heterocycles. The predicted octanol–water partition coefficient (Wildman–Crippen LogP) is 3.66. The second kappa shape index (κ2) is 9.09. The summed E-state index contributed by atoms with van der Waals surface area (Å²) in [6.07, 6.45) is 9.22. The van der Waals surface area contributed by atoms with Crippen LogP contribution in [-0.4, -0.2) is 58.5 Å². The zero-order chi connectivity index (χ0) is 20.2. The van der Waals surface area contributed by atoms with Gasteiger partial charge in [0, 0.05) is 37.6 Å². The number of benzene rings is 1. The monoisotopic (exact) mass is 414 g/mol. The van der Waals surface area contributed by atoms with Crippen LogP contribution in [0.2, 0.25) is 5.02 Å². The smallest absolute Gasteiger partial charge is 0.273 e. The van der Waals surface area contributed by atoms with E-state index in [0.717, 1.165) is 48.8 Å². The molecule has 29 heavy (non-hydrogen) atoms. The summed E-state index contributed by atoms with van der Waals surface area (Å²) in [5.74, 6) is 1.17. The van der Waals surface area contributed by atoms with Gasteiger partial charge in [0.2, 0.25) is 0 Å². The Morgan fingerprint density at radius 1 is 1.28 bits per heavy atom. The maximum atomic E-state index is 12.4. The van der Waals surface area contributed by atoms with E-state index in [9.17, 15) is 4.79 Å². The molecule has 1 aromatic carbocycles. The van der Waals surface area contributed by atoms with E-state index in [4.69, 9.17) is 16.3 Å². The van der Waals surface area contributed by atoms with Crippen molar-refractivity contribution in [3.63, 3.8) is 0 Å². The summed E-state index contributed by atoms with van der Waals surface area (Å²) in [5.41, 5.74) is 1.54. The summed E-state index contributed by atoms with van der Waals surface area (Å²) in [5, 5.41) is 0.777. The van der Waals surface area contributed by atoms with Gasteiger partial charge in [0.15, 0.2) is 0 Å². The number of carbonyl (C=O) groups excluding carboxylic acids is 1. The Labute approximate surface area is 176 Å². The Bertz CT molecular complexity index is 836. The number of hydrogen-bond acceptors (Lipinski definition) is 5. The van der Waals surface area contributed by atoms with Gasteiger partial charge in [0.1, 0.15) is 11.4 Å². The molecule has 0 bridgehead atoms. The van der Waals surface area contributed by atoms with Crippen LogP contribution in [-0.2, 0) is 6.54 Å². The molecule has 1 aliphatic heterocycles. The number of carbonyl (C=O) groups is 1. The minimum atomic E-state index is -0.0946. The molecule has 2 aromatic rings. The normalized spacial score (nSPS) is 21.6. The van der Waals surface area contributed by atoms with Crippen molar-refractivity contribution in [2.45, 2.75) is 38.3 Å². The first-order chi connectivity index (χ1) is 14.1. The van der Waals surface area contributed by atoms with Gasteiger partial charge in [0.25, 0.3) is 5.91 Å². The number of halogens is 1. The van der Waals surface area contributed by atoms with Crippen molar-refractivity contribution >= 4 is 17.5 Å². The number of rotatable bonds is 7. The largest absolute Gasteiger partial charge is 0.490 e. The van der Waals surface area contributed by atoms with Crippen molar-refractivity contribution in [2.75, 3.05) is 26.7 Å². The molecule has 0 atom stereocenters. The summed E-state index contributed by atoms with van der Waals surface area (Å²) in [6.45, 7) is 3.93. The van der Waals surface area contributed by atoms with Gasteiger partial charge in [-0.25, -0.2) is 4.98 Å². The van der Waals surface area contributed by atoms with Crippen LogP contribution in [0.25, 0.3) is 0 Å². The van der Waals surface area contributed by atoms with E-state index < -0.39 is 0 Å². The van der Waals surface area contributed by atoms with Crippen LogP contribution in [0.1, 0.15) is 41.7 Å². The summed E-state index contributed by atoms with van der Waals surface area (Å²) in [6, 6.07) is 6.04. The second-order valence-electron chi connectivity index (χ2n) is 8.09. The molecule has 0 radical (unpaired) electrons. The van der Waals surface area contributed by atoms with E-state index in [1.807, 2.05) is 19.2 Å². The summed E-state index contributed by atoms with van der Waals surface area (Å²) in [7, 11) is 1.81. The Morgan fingerprint density at radius 2 is 2.07 bits per heavy atom. The van der Waals surface area contributed by atoms with Gasteiger partial charge in [-0.3, -0.25) is 14.7 Å². The van der Waals surface area contributed by atoms with E-state index in [-0.39, 0.29) is 12.0 Å². The minimum Gasteiger partial charge on any atom is -0.490 e. The molecular weight excluding hydrogens is 388 g/mol. The first-order valence-electron chi connectivity index (χ1n) is 10.3. The highest BCUT2D eigenvalue weighted by Gasteiger charge is 2.33.